The summed E-state index contributed by atoms with van der Waals surface area (Å²) >= 11 is 0. The molecule has 4 rings (SSSR count). The SMILES string of the molecule is C=C(/C=C1/CCC2(CCCC(CCCC)O2)C/C1=C/C)[C@H]1CC[C@]2(COC(=O)N2)C1. The maximum absolute atomic E-state index is 11.5. The first-order valence-corrected chi connectivity index (χ1v) is 12.1. The molecule has 2 aliphatic heterocycles. The van der Waals surface area contributed by atoms with Crippen molar-refractivity contribution in [3.63, 3.8) is 0 Å². The standard InChI is InChI=1S/C26H39NO3/c1-4-6-8-23-9-7-12-26(30-23)14-11-21(20(5-2)17-26)15-19(3)22-10-13-25(16-22)18-29-24(28)27-25/h5,15,22-23H,3-4,6-14,16-18H2,1-2H3,(H,27,28)/b20-5-,21-15-/t22-,23?,25+,26?/m0/s1. The number of rotatable bonds is 5. The van der Waals surface area contributed by atoms with E-state index < -0.39 is 0 Å². The highest BCUT2D eigenvalue weighted by Gasteiger charge is 2.46. The minimum Gasteiger partial charge on any atom is -0.447 e. The van der Waals surface area contributed by atoms with Crippen LogP contribution in [0, 0.1) is 5.92 Å². The van der Waals surface area contributed by atoms with E-state index in [9.17, 15) is 4.79 Å². The molecule has 1 amide bonds. The summed E-state index contributed by atoms with van der Waals surface area (Å²) < 4.78 is 11.9. The second kappa shape index (κ2) is 8.90. The molecule has 4 nitrogen and oxygen atoms in total. The summed E-state index contributed by atoms with van der Waals surface area (Å²) in [5, 5.41) is 3.04. The minimum absolute atomic E-state index is 0.0556. The summed E-state index contributed by atoms with van der Waals surface area (Å²) in [5.74, 6) is 0.429. The lowest BCUT2D eigenvalue weighted by atomic mass is 9.73. The van der Waals surface area contributed by atoms with Crippen molar-refractivity contribution in [2.45, 2.75) is 108 Å². The number of carbonyl (C=O) groups is 1. The normalized spacial score (nSPS) is 39.1. The number of cyclic esters (lactones) is 1. The van der Waals surface area contributed by atoms with E-state index in [0.717, 1.165) is 38.5 Å². The van der Waals surface area contributed by atoms with Gasteiger partial charge in [-0.15, -0.1) is 0 Å². The van der Waals surface area contributed by atoms with Crippen LogP contribution < -0.4 is 5.32 Å². The lowest BCUT2D eigenvalue weighted by Crippen LogP contribution is -2.43. The fraction of sp³-hybridized carbons (Fsp3) is 0.731. The minimum atomic E-state index is -0.266. The lowest BCUT2D eigenvalue weighted by Gasteiger charge is -2.45. The van der Waals surface area contributed by atoms with Crippen molar-refractivity contribution < 1.29 is 14.3 Å². The molecule has 4 atom stereocenters. The molecule has 166 valence electrons. The van der Waals surface area contributed by atoms with E-state index in [-0.39, 0.29) is 17.2 Å². The van der Waals surface area contributed by atoms with E-state index in [1.165, 1.54) is 55.2 Å². The van der Waals surface area contributed by atoms with Gasteiger partial charge in [0.25, 0.3) is 0 Å². The largest absolute Gasteiger partial charge is 0.447 e. The van der Waals surface area contributed by atoms with Crippen LogP contribution in [0.25, 0.3) is 0 Å². The number of carbonyl (C=O) groups excluding carboxylic acids is 1. The monoisotopic (exact) mass is 413 g/mol. The molecule has 2 unspecified atom stereocenters. The average molecular weight is 414 g/mol. The van der Waals surface area contributed by atoms with Gasteiger partial charge < -0.3 is 14.8 Å². The van der Waals surface area contributed by atoms with Crippen LogP contribution in [0.3, 0.4) is 0 Å². The highest BCUT2D eigenvalue weighted by Crippen LogP contribution is 2.47. The summed E-state index contributed by atoms with van der Waals surface area (Å²) in [4.78, 5) is 11.5. The molecule has 2 saturated carbocycles. The summed E-state index contributed by atoms with van der Waals surface area (Å²) in [6, 6.07) is 0. The molecule has 0 aromatic heterocycles. The van der Waals surface area contributed by atoms with Crippen LogP contribution in [0.5, 0.6) is 0 Å². The Balaban J connectivity index is 1.39. The van der Waals surface area contributed by atoms with Gasteiger partial charge in [-0.2, -0.15) is 0 Å². The molecular formula is C26H39NO3. The zero-order chi connectivity index (χ0) is 21.2. The average Bonchev–Trinajstić information content (AvgIpc) is 3.33. The number of hydrogen-bond donors (Lipinski definition) is 1. The van der Waals surface area contributed by atoms with Gasteiger partial charge in [0.05, 0.1) is 17.2 Å². The fourth-order valence-corrected chi connectivity index (χ4v) is 6.12. The number of allylic oxidation sites excluding steroid dienone is 4. The van der Waals surface area contributed by atoms with Crippen LogP contribution in [0.2, 0.25) is 0 Å². The van der Waals surface area contributed by atoms with Gasteiger partial charge in [-0.3, -0.25) is 0 Å². The van der Waals surface area contributed by atoms with Gasteiger partial charge in [0.2, 0.25) is 0 Å². The summed E-state index contributed by atoms with van der Waals surface area (Å²) in [6.07, 6.45) is 18.6. The molecule has 2 heterocycles. The van der Waals surface area contributed by atoms with Crippen molar-refractivity contribution in [1.82, 2.24) is 5.32 Å². The van der Waals surface area contributed by atoms with Gasteiger partial charge in [-0.25, -0.2) is 4.79 Å². The molecule has 0 aromatic carbocycles. The Morgan fingerprint density at radius 1 is 1.27 bits per heavy atom. The fourth-order valence-electron chi connectivity index (χ4n) is 6.12. The smallest absolute Gasteiger partial charge is 0.407 e. The summed E-state index contributed by atoms with van der Waals surface area (Å²) in [7, 11) is 0. The first-order chi connectivity index (χ1) is 14.5. The second-order valence-corrected chi connectivity index (χ2v) is 10.1. The van der Waals surface area contributed by atoms with Crippen molar-refractivity contribution >= 4 is 6.09 Å². The Labute approximate surface area is 182 Å². The predicted octanol–water partition coefficient (Wildman–Crippen LogP) is 6.38. The number of hydrogen-bond acceptors (Lipinski definition) is 3. The summed E-state index contributed by atoms with van der Waals surface area (Å²) in [6.45, 7) is 9.37. The molecule has 0 aromatic rings. The molecule has 2 aliphatic carbocycles. The topological polar surface area (TPSA) is 47.6 Å². The lowest BCUT2D eigenvalue weighted by molar-refractivity contribution is -0.137. The van der Waals surface area contributed by atoms with Gasteiger partial charge in [-0.1, -0.05) is 44.1 Å². The third kappa shape index (κ3) is 4.54. The number of ether oxygens (including phenoxy) is 2. The second-order valence-electron chi connectivity index (χ2n) is 10.1. The Kier molecular flexibility index (Phi) is 6.43. The molecular weight excluding hydrogens is 374 g/mol. The van der Waals surface area contributed by atoms with E-state index in [4.69, 9.17) is 9.47 Å². The molecule has 4 fully saturated rings. The van der Waals surface area contributed by atoms with Crippen LogP contribution in [0.15, 0.2) is 35.5 Å². The zero-order valence-electron chi connectivity index (χ0n) is 18.9. The molecule has 0 bridgehead atoms. The van der Waals surface area contributed by atoms with Gasteiger partial charge in [-0.05, 0) is 81.8 Å². The number of nitrogens with one attached hydrogen (secondary N) is 1. The number of alkyl carbamates (subject to hydrolysis) is 1. The maximum atomic E-state index is 11.5. The third-order valence-electron chi connectivity index (χ3n) is 7.92. The quantitative estimate of drug-likeness (QED) is 0.569. The van der Waals surface area contributed by atoms with E-state index in [0.29, 0.717) is 18.6 Å². The van der Waals surface area contributed by atoms with Crippen LogP contribution in [0.4, 0.5) is 4.79 Å². The Morgan fingerprint density at radius 3 is 2.87 bits per heavy atom. The molecule has 2 spiro atoms. The van der Waals surface area contributed by atoms with Crippen LogP contribution >= 0.6 is 0 Å². The van der Waals surface area contributed by atoms with E-state index in [2.05, 4.69) is 37.9 Å². The molecule has 4 heteroatoms. The molecule has 1 N–H and O–H groups in total. The van der Waals surface area contributed by atoms with E-state index in [1.54, 1.807) is 0 Å². The first kappa shape index (κ1) is 21.7. The number of unbranched alkanes of at least 4 members (excludes halogenated alkanes) is 1. The molecule has 30 heavy (non-hydrogen) atoms. The Bertz CT molecular complexity index is 739. The number of amides is 1. The van der Waals surface area contributed by atoms with Crippen LogP contribution in [0.1, 0.15) is 90.9 Å². The third-order valence-corrected chi connectivity index (χ3v) is 7.92. The Hall–Kier alpha value is -1.55. The van der Waals surface area contributed by atoms with Crippen molar-refractivity contribution in [1.29, 1.82) is 0 Å². The Morgan fingerprint density at radius 2 is 2.13 bits per heavy atom. The van der Waals surface area contributed by atoms with E-state index >= 15 is 0 Å². The maximum Gasteiger partial charge on any atom is 0.407 e. The first-order valence-electron chi connectivity index (χ1n) is 12.1. The van der Waals surface area contributed by atoms with Gasteiger partial charge >= 0.3 is 6.09 Å². The van der Waals surface area contributed by atoms with Gasteiger partial charge in [0, 0.05) is 6.42 Å². The highest BCUT2D eigenvalue weighted by atomic mass is 16.6. The van der Waals surface area contributed by atoms with Gasteiger partial charge in [0.15, 0.2) is 0 Å². The van der Waals surface area contributed by atoms with Crippen molar-refractivity contribution in [2.24, 2.45) is 5.92 Å². The van der Waals surface area contributed by atoms with Crippen LogP contribution in [-0.2, 0) is 9.47 Å². The highest BCUT2D eigenvalue weighted by molar-refractivity contribution is 5.70. The van der Waals surface area contributed by atoms with Crippen molar-refractivity contribution in [3.05, 3.63) is 35.5 Å². The van der Waals surface area contributed by atoms with Gasteiger partial charge in [0.1, 0.15) is 6.61 Å². The zero-order valence-corrected chi connectivity index (χ0v) is 18.9. The molecule has 2 saturated heterocycles. The van der Waals surface area contributed by atoms with Crippen molar-refractivity contribution in [3.8, 4) is 0 Å². The summed E-state index contributed by atoms with van der Waals surface area (Å²) in [5.41, 5.74) is 4.00. The van der Waals surface area contributed by atoms with Crippen LogP contribution in [-0.4, -0.2) is 29.9 Å². The molecule has 0 radical (unpaired) electrons. The predicted molar refractivity (Wildman–Crippen MR) is 120 cm³/mol. The van der Waals surface area contributed by atoms with Crippen molar-refractivity contribution in [2.75, 3.05) is 6.61 Å². The molecule has 4 aliphatic rings. The van der Waals surface area contributed by atoms with E-state index in [1.807, 2.05) is 0 Å².